The molecule has 0 spiro atoms. The van der Waals surface area contributed by atoms with Crippen molar-refractivity contribution in [3.8, 4) is 0 Å². The SMILES string of the molecule is CNCCc1c(C)nc(CSc2ccc(F)cc2)nc1C. The van der Waals surface area contributed by atoms with Crippen LogP contribution in [0.5, 0.6) is 0 Å². The van der Waals surface area contributed by atoms with Crippen LogP contribution in [0.15, 0.2) is 29.2 Å². The Kier molecular flexibility index (Phi) is 5.70. The van der Waals surface area contributed by atoms with Gasteiger partial charge in [-0.15, -0.1) is 11.8 Å². The first-order valence-corrected chi connectivity index (χ1v) is 7.94. The lowest BCUT2D eigenvalue weighted by Crippen LogP contribution is -2.14. The second kappa shape index (κ2) is 7.52. The van der Waals surface area contributed by atoms with E-state index in [2.05, 4.69) is 15.3 Å². The smallest absolute Gasteiger partial charge is 0.139 e. The van der Waals surface area contributed by atoms with Crippen LogP contribution in [0, 0.1) is 19.7 Å². The normalized spacial score (nSPS) is 10.9. The molecule has 0 amide bonds. The van der Waals surface area contributed by atoms with Gasteiger partial charge >= 0.3 is 0 Å². The van der Waals surface area contributed by atoms with Crippen molar-refractivity contribution in [1.82, 2.24) is 15.3 Å². The van der Waals surface area contributed by atoms with Crippen molar-refractivity contribution in [2.75, 3.05) is 13.6 Å². The summed E-state index contributed by atoms with van der Waals surface area (Å²) in [7, 11) is 1.94. The van der Waals surface area contributed by atoms with Gasteiger partial charge in [-0.05, 0) is 63.7 Å². The summed E-state index contributed by atoms with van der Waals surface area (Å²) < 4.78 is 12.9. The molecule has 0 aliphatic heterocycles. The summed E-state index contributed by atoms with van der Waals surface area (Å²) in [6.45, 7) is 4.99. The molecule has 1 aromatic carbocycles. The molecule has 1 heterocycles. The average molecular weight is 305 g/mol. The molecule has 2 aromatic rings. The molecule has 5 heteroatoms. The number of rotatable bonds is 6. The fourth-order valence-electron chi connectivity index (χ4n) is 2.16. The van der Waals surface area contributed by atoms with Gasteiger partial charge in [-0.1, -0.05) is 0 Å². The van der Waals surface area contributed by atoms with Gasteiger partial charge in [0.1, 0.15) is 11.6 Å². The van der Waals surface area contributed by atoms with Crippen LogP contribution in [0.3, 0.4) is 0 Å². The highest BCUT2D eigenvalue weighted by Crippen LogP contribution is 2.22. The molecule has 3 nitrogen and oxygen atoms in total. The standard InChI is InChI=1S/C16H20FN3S/c1-11-15(8-9-18-3)12(2)20-16(19-11)10-21-14-6-4-13(17)5-7-14/h4-7,18H,8-10H2,1-3H3. The van der Waals surface area contributed by atoms with Crippen LogP contribution < -0.4 is 5.32 Å². The predicted octanol–water partition coefficient (Wildman–Crippen LogP) is 3.29. The third kappa shape index (κ3) is 4.51. The fourth-order valence-corrected chi connectivity index (χ4v) is 2.92. The number of hydrogen-bond donors (Lipinski definition) is 1. The first-order valence-electron chi connectivity index (χ1n) is 6.96. The Labute approximate surface area is 129 Å². The molecule has 112 valence electrons. The number of hydrogen-bond acceptors (Lipinski definition) is 4. The van der Waals surface area contributed by atoms with Crippen LogP contribution in [-0.2, 0) is 12.2 Å². The zero-order valence-corrected chi connectivity index (χ0v) is 13.4. The third-order valence-electron chi connectivity index (χ3n) is 3.27. The van der Waals surface area contributed by atoms with Gasteiger partial charge < -0.3 is 5.32 Å². The molecule has 2 rings (SSSR count). The lowest BCUT2D eigenvalue weighted by molar-refractivity contribution is 0.626. The molecule has 21 heavy (non-hydrogen) atoms. The van der Waals surface area contributed by atoms with Crippen molar-refractivity contribution in [1.29, 1.82) is 0 Å². The van der Waals surface area contributed by atoms with E-state index >= 15 is 0 Å². The van der Waals surface area contributed by atoms with Crippen LogP contribution in [0.2, 0.25) is 0 Å². The van der Waals surface area contributed by atoms with E-state index in [0.29, 0.717) is 5.75 Å². The molecule has 0 bridgehead atoms. The lowest BCUT2D eigenvalue weighted by Gasteiger charge is -2.10. The summed E-state index contributed by atoms with van der Waals surface area (Å²) in [6.07, 6.45) is 0.944. The van der Waals surface area contributed by atoms with Crippen LogP contribution in [-0.4, -0.2) is 23.6 Å². The number of likely N-dealkylation sites (N-methyl/N-ethyl adjacent to an activating group) is 1. The van der Waals surface area contributed by atoms with Gasteiger partial charge in [-0.2, -0.15) is 0 Å². The quantitative estimate of drug-likeness (QED) is 0.831. The Morgan fingerprint density at radius 2 is 1.71 bits per heavy atom. The molecule has 1 aromatic heterocycles. The van der Waals surface area contributed by atoms with Gasteiger partial charge in [0.05, 0.1) is 5.75 Å². The molecule has 1 N–H and O–H groups in total. The highest BCUT2D eigenvalue weighted by atomic mass is 32.2. The van der Waals surface area contributed by atoms with Gasteiger partial charge in [-0.3, -0.25) is 0 Å². The van der Waals surface area contributed by atoms with Crippen molar-refractivity contribution < 1.29 is 4.39 Å². The maximum atomic E-state index is 12.9. The van der Waals surface area contributed by atoms with E-state index in [9.17, 15) is 4.39 Å². The molecule has 0 radical (unpaired) electrons. The van der Waals surface area contributed by atoms with Gasteiger partial charge in [-0.25, -0.2) is 14.4 Å². The van der Waals surface area contributed by atoms with E-state index in [1.807, 2.05) is 20.9 Å². The summed E-state index contributed by atoms with van der Waals surface area (Å²) in [5, 5.41) is 3.15. The van der Waals surface area contributed by atoms with Crippen LogP contribution in [0.25, 0.3) is 0 Å². The van der Waals surface area contributed by atoms with Gasteiger partial charge in [0, 0.05) is 16.3 Å². The van der Waals surface area contributed by atoms with Gasteiger partial charge in [0.25, 0.3) is 0 Å². The van der Waals surface area contributed by atoms with Crippen LogP contribution in [0.1, 0.15) is 22.8 Å². The zero-order chi connectivity index (χ0) is 15.2. The Morgan fingerprint density at radius 1 is 1.10 bits per heavy atom. The molecule has 0 aliphatic carbocycles. The van der Waals surface area contributed by atoms with Crippen molar-refractivity contribution in [2.24, 2.45) is 0 Å². The molecule has 0 aliphatic rings. The first kappa shape index (κ1) is 15.9. The highest BCUT2D eigenvalue weighted by molar-refractivity contribution is 7.98. The topological polar surface area (TPSA) is 37.8 Å². The van der Waals surface area contributed by atoms with Gasteiger partial charge in [0.15, 0.2) is 0 Å². The van der Waals surface area contributed by atoms with E-state index in [1.54, 1.807) is 23.9 Å². The van der Waals surface area contributed by atoms with E-state index in [0.717, 1.165) is 35.1 Å². The number of nitrogens with one attached hydrogen (secondary N) is 1. The van der Waals surface area contributed by atoms with Gasteiger partial charge in [0.2, 0.25) is 0 Å². The molecule has 0 saturated heterocycles. The molecule has 0 fully saturated rings. The fraction of sp³-hybridized carbons (Fsp3) is 0.375. The summed E-state index contributed by atoms with van der Waals surface area (Å²) in [5.41, 5.74) is 3.32. The van der Waals surface area contributed by atoms with Crippen molar-refractivity contribution in [2.45, 2.75) is 30.9 Å². The monoisotopic (exact) mass is 305 g/mol. The van der Waals surface area contributed by atoms with E-state index in [4.69, 9.17) is 0 Å². The summed E-state index contributed by atoms with van der Waals surface area (Å²) >= 11 is 1.62. The predicted molar refractivity (Wildman–Crippen MR) is 85.1 cm³/mol. The highest BCUT2D eigenvalue weighted by Gasteiger charge is 2.08. The van der Waals surface area contributed by atoms with E-state index in [1.165, 1.54) is 17.7 Å². The summed E-state index contributed by atoms with van der Waals surface area (Å²) in [4.78, 5) is 10.2. The number of thioether (sulfide) groups is 1. The minimum atomic E-state index is -0.212. The van der Waals surface area contributed by atoms with E-state index in [-0.39, 0.29) is 5.82 Å². The lowest BCUT2D eigenvalue weighted by atomic mass is 10.1. The summed E-state index contributed by atoms with van der Waals surface area (Å²) in [5.74, 6) is 1.31. The second-order valence-corrected chi connectivity index (χ2v) is 5.93. The first-order chi connectivity index (χ1) is 10.1. The largest absolute Gasteiger partial charge is 0.319 e. The number of benzene rings is 1. The van der Waals surface area contributed by atoms with Crippen molar-refractivity contribution in [3.63, 3.8) is 0 Å². The van der Waals surface area contributed by atoms with Crippen molar-refractivity contribution in [3.05, 3.63) is 52.9 Å². The minimum absolute atomic E-state index is 0.212. The van der Waals surface area contributed by atoms with Crippen LogP contribution in [0.4, 0.5) is 4.39 Å². The Bertz CT molecular complexity index is 576. The Balaban J connectivity index is 2.05. The molecule has 0 atom stereocenters. The summed E-state index contributed by atoms with van der Waals surface area (Å²) in [6, 6.07) is 6.50. The Hall–Kier alpha value is -1.46. The van der Waals surface area contributed by atoms with Crippen molar-refractivity contribution >= 4 is 11.8 Å². The molecular weight excluding hydrogens is 285 g/mol. The molecule has 0 saturated carbocycles. The molecular formula is C16H20FN3S. The molecule has 0 unspecified atom stereocenters. The van der Waals surface area contributed by atoms with E-state index < -0.39 is 0 Å². The Morgan fingerprint density at radius 3 is 2.29 bits per heavy atom. The number of aromatic nitrogens is 2. The second-order valence-electron chi connectivity index (χ2n) is 4.89. The number of nitrogens with zero attached hydrogens (tertiary/aromatic N) is 2. The minimum Gasteiger partial charge on any atom is -0.319 e. The van der Waals surface area contributed by atoms with Crippen LogP contribution >= 0.6 is 11.8 Å². The average Bonchev–Trinajstić information content (AvgIpc) is 2.46. The zero-order valence-electron chi connectivity index (χ0n) is 12.6. The number of aryl methyl sites for hydroxylation is 2. The maximum Gasteiger partial charge on any atom is 0.139 e. The maximum absolute atomic E-state index is 12.9. The third-order valence-corrected chi connectivity index (χ3v) is 4.28. The number of halogens is 1.